The van der Waals surface area contributed by atoms with Gasteiger partial charge in [-0.15, -0.1) is 20.5 Å². The lowest BCUT2D eigenvalue weighted by atomic mass is 10.7. The Morgan fingerprint density at radius 1 is 1.43 bits per heavy atom. The lowest BCUT2D eigenvalue weighted by Gasteiger charge is -1.98. The molecule has 14 heavy (non-hydrogen) atoms. The molecule has 2 heterocycles. The van der Waals surface area contributed by atoms with Crippen molar-refractivity contribution in [3.8, 4) is 0 Å². The average molecular weight is 294 g/mol. The zero-order valence-electron chi connectivity index (χ0n) is 6.66. The van der Waals surface area contributed by atoms with Crippen molar-refractivity contribution in [2.24, 2.45) is 0 Å². The Kier molecular flexibility index (Phi) is 2.41. The summed E-state index contributed by atoms with van der Waals surface area (Å²) >= 11 is 4.33. The van der Waals surface area contributed by atoms with Crippen LogP contribution in [0.15, 0.2) is 32.8 Å². The van der Waals surface area contributed by atoms with E-state index in [9.17, 15) is 8.42 Å². The van der Waals surface area contributed by atoms with Crippen LogP contribution in [0.1, 0.15) is 0 Å². The second-order valence-corrected chi connectivity index (χ2v) is 6.82. The minimum Gasteiger partial charge on any atom is -0.222 e. The number of hydrogen-bond donors (Lipinski definition) is 0. The number of hydrogen-bond acceptors (Lipinski definition) is 5. The van der Waals surface area contributed by atoms with E-state index >= 15 is 0 Å². The van der Waals surface area contributed by atoms with Gasteiger partial charge in [-0.3, -0.25) is 0 Å². The summed E-state index contributed by atoms with van der Waals surface area (Å²) in [5.41, 5.74) is 0. The Balaban J connectivity index is 2.54. The number of thiophene rings is 1. The van der Waals surface area contributed by atoms with Crippen LogP contribution in [-0.2, 0) is 10.0 Å². The van der Waals surface area contributed by atoms with Crippen LogP contribution in [0.2, 0.25) is 0 Å². The number of halogens is 1. The third-order valence-corrected chi connectivity index (χ3v) is 5.07. The number of rotatable bonds is 2. The van der Waals surface area contributed by atoms with Gasteiger partial charge in [0, 0.05) is 0 Å². The van der Waals surface area contributed by atoms with Gasteiger partial charge < -0.3 is 0 Å². The van der Waals surface area contributed by atoms with Gasteiger partial charge in [-0.1, -0.05) is 0 Å². The van der Waals surface area contributed by atoms with E-state index in [1.807, 2.05) is 0 Å². The van der Waals surface area contributed by atoms with Crippen molar-refractivity contribution in [1.29, 1.82) is 0 Å². The minimum absolute atomic E-state index is 0.231. The van der Waals surface area contributed by atoms with Crippen molar-refractivity contribution in [2.75, 3.05) is 0 Å². The van der Waals surface area contributed by atoms with Gasteiger partial charge in [0.05, 0.1) is 3.79 Å². The van der Waals surface area contributed by atoms with Crippen LogP contribution in [0.5, 0.6) is 0 Å². The molecule has 0 fully saturated rings. The van der Waals surface area contributed by atoms with Crippen LogP contribution >= 0.6 is 27.3 Å². The van der Waals surface area contributed by atoms with E-state index in [0.717, 1.165) is 25.5 Å². The van der Waals surface area contributed by atoms with Crippen molar-refractivity contribution in [3.63, 3.8) is 0 Å². The van der Waals surface area contributed by atoms with Gasteiger partial charge in [0.15, 0.2) is 0 Å². The molecule has 0 aromatic carbocycles. The highest BCUT2D eigenvalue weighted by Crippen LogP contribution is 2.26. The molecule has 2 aromatic rings. The van der Waals surface area contributed by atoms with Gasteiger partial charge in [-0.25, -0.2) is 4.98 Å². The SMILES string of the molecule is O=S(=O)(c1ccc(Br)s1)n1cncn1. The molecule has 0 bridgehead atoms. The quantitative estimate of drug-likeness (QED) is 0.838. The maximum absolute atomic E-state index is 11.8. The summed E-state index contributed by atoms with van der Waals surface area (Å²) in [6.07, 6.45) is 2.34. The van der Waals surface area contributed by atoms with Crippen molar-refractivity contribution in [3.05, 3.63) is 28.6 Å². The van der Waals surface area contributed by atoms with Crippen LogP contribution in [0.3, 0.4) is 0 Å². The lowest BCUT2D eigenvalue weighted by Crippen LogP contribution is -2.11. The summed E-state index contributed by atoms with van der Waals surface area (Å²) in [7, 11) is -3.54. The summed E-state index contributed by atoms with van der Waals surface area (Å²) in [4.78, 5) is 3.59. The Morgan fingerprint density at radius 2 is 2.21 bits per heavy atom. The second-order valence-electron chi connectivity index (χ2n) is 2.33. The van der Waals surface area contributed by atoms with Crippen molar-refractivity contribution in [1.82, 2.24) is 14.2 Å². The summed E-state index contributed by atoms with van der Waals surface area (Å²) in [5, 5.41) is 3.58. The predicted octanol–water partition coefficient (Wildman–Crippen LogP) is 1.34. The van der Waals surface area contributed by atoms with E-state index in [2.05, 4.69) is 26.0 Å². The summed E-state index contributed by atoms with van der Waals surface area (Å²) < 4.78 is 25.3. The highest BCUT2D eigenvalue weighted by atomic mass is 79.9. The molecule has 0 N–H and O–H groups in total. The van der Waals surface area contributed by atoms with Gasteiger partial charge in [0.25, 0.3) is 10.0 Å². The molecule has 0 amide bonds. The molecule has 0 aliphatic carbocycles. The Labute approximate surface area is 92.6 Å². The van der Waals surface area contributed by atoms with Crippen molar-refractivity contribution < 1.29 is 8.42 Å². The highest BCUT2D eigenvalue weighted by Gasteiger charge is 2.19. The van der Waals surface area contributed by atoms with E-state index in [0.29, 0.717) is 0 Å². The van der Waals surface area contributed by atoms with Gasteiger partial charge in [0.2, 0.25) is 0 Å². The highest BCUT2D eigenvalue weighted by molar-refractivity contribution is 9.11. The standard InChI is InChI=1S/C6H4BrN3O2S2/c7-5-1-2-6(13-5)14(11,12)10-4-8-3-9-10/h1-4H. The Morgan fingerprint density at radius 3 is 2.71 bits per heavy atom. The summed E-state index contributed by atoms with van der Waals surface area (Å²) in [5.74, 6) is 0. The lowest BCUT2D eigenvalue weighted by molar-refractivity contribution is 0.582. The van der Waals surface area contributed by atoms with E-state index < -0.39 is 10.0 Å². The normalized spacial score (nSPS) is 11.8. The van der Waals surface area contributed by atoms with E-state index in [1.54, 1.807) is 6.07 Å². The maximum Gasteiger partial charge on any atom is 0.293 e. The molecular weight excluding hydrogens is 290 g/mol. The molecule has 0 aliphatic heterocycles. The van der Waals surface area contributed by atoms with Gasteiger partial charge in [0.1, 0.15) is 16.9 Å². The monoisotopic (exact) mass is 293 g/mol. The largest absolute Gasteiger partial charge is 0.293 e. The number of nitrogens with zero attached hydrogens (tertiary/aromatic N) is 3. The molecule has 0 saturated heterocycles. The van der Waals surface area contributed by atoms with Crippen molar-refractivity contribution in [2.45, 2.75) is 4.21 Å². The molecule has 0 saturated carbocycles. The van der Waals surface area contributed by atoms with Crippen LogP contribution < -0.4 is 0 Å². The van der Waals surface area contributed by atoms with Crippen LogP contribution in [-0.4, -0.2) is 22.6 Å². The molecule has 0 aliphatic rings. The second kappa shape index (κ2) is 3.44. The van der Waals surface area contributed by atoms with Gasteiger partial charge in [-0.05, 0) is 28.1 Å². The summed E-state index contributed by atoms with van der Waals surface area (Å²) in [6.45, 7) is 0. The Bertz CT molecular complexity index is 531. The Hall–Kier alpha value is -0.730. The fraction of sp³-hybridized carbons (Fsp3) is 0. The zero-order valence-corrected chi connectivity index (χ0v) is 9.88. The first kappa shape index (κ1) is 9.81. The first-order chi connectivity index (χ1) is 6.60. The molecular formula is C6H4BrN3O2S2. The molecule has 0 unspecified atom stereocenters. The topological polar surface area (TPSA) is 64.8 Å². The average Bonchev–Trinajstić information content (AvgIpc) is 2.72. The minimum atomic E-state index is -3.54. The molecule has 5 nitrogen and oxygen atoms in total. The third kappa shape index (κ3) is 1.60. The molecule has 74 valence electrons. The molecule has 0 atom stereocenters. The zero-order chi connectivity index (χ0) is 10.2. The first-order valence-electron chi connectivity index (χ1n) is 3.46. The molecule has 2 rings (SSSR count). The number of aromatic nitrogens is 3. The first-order valence-corrected chi connectivity index (χ1v) is 6.51. The van der Waals surface area contributed by atoms with E-state index in [1.165, 1.54) is 12.4 Å². The molecule has 2 aromatic heterocycles. The molecule has 0 spiro atoms. The predicted molar refractivity (Wildman–Crippen MR) is 54.6 cm³/mol. The van der Waals surface area contributed by atoms with E-state index in [4.69, 9.17) is 0 Å². The van der Waals surface area contributed by atoms with E-state index in [-0.39, 0.29) is 4.21 Å². The van der Waals surface area contributed by atoms with Crippen LogP contribution in [0.4, 0.5) is 0 Å². The van der Waals surface area contributed by atoms with Gasteiger partial charge >= 0.3 is 0 Å². The smallest absolute Gasteiger partial charge is 0.222 e. The fourth-order valence-electron chi connectivity index (χ4n) is 0.850. The molecule has 0 radical (unpaired) electrons. The summed E-state index contributed by atoms with van der Waals surface area (Å²) in [6, 6.07) is 3.19. The van der Waals surface area contributed by atoms with Crippen molar-refractivity contribution >= 4 is 37.3 Å². The molecule has 8 heteroatoms. The third-order valence-electron chi connectivity index (χ3n) is 1.45. The van der Waals surface area contributed by atoms with Crippen LogP contribution in [0, 0.1) is 0 Å². The van der Waals surface area contributed by atoms with Crippen LogP contribution in [0.25, 0.3) is 0 Å². The fourth-order valence-corrected chi connectivity index (χ4v) is 3.98. The maximum atomic E-state index is 11.8. The van der Waals surface area contributed by atoms with Gasteiger partial charge in [-0.2, -0.15) is 8.42 Å².